The predicted molar refractivity (Wildman–Crippen MR) is 108 cm³/mol. The highest BCUT2D eigenvalue weighted by Crippen LogP contribution is 2.32. The molecule has 4 aromatic rings. The van der Waals surface area contributed by atoms with Crippen LogP contribution in [0, 0.1) is 6.92 Å². The first-order chi connectivity index (χ1) is 14.7. The van der Waals surface area contributed by atoms with E-state index in [1.54, 1.807) is 44.4 Å². The van der Waals surface area contributed by atoms with Crippen molar-refractivity contribution in [2.45, 2.75) is 26.4 Å². The minimum atomic E-state index is -4.57. The summed E-state index contributed by atoms with van der Waals surface area (Å²) in [6.45, 7) is 3.42. The summed E-state index contributed by atoms with van der Waals surface area (Å²) in [4.78, 5) is 29.1. The van der Waals surface area contributed by atoms with Gasteiger partial charge in [0.1, 0.15) is 17.0 Å². The van der Waals surface area contributed by atoms with Gasteiger partial charge in [0.15, 0.2) is 11.6 Å². The zero-order chi connectivity index (χ0) is 22.3. The van der Waals surface area contributed by atoms with E-state index in [1.165, 1.54) is 10.6 Å². The van der Waals surface area contributed by atoms with Crippen LogP contribution in [0.3, 0.4) is 0 Å². The van der Waals surface area contributed by atoms with Crippen LogP contribution < -0.4 is 5.73 Å². The van der Waals surface area contributed by atoms with Gasteiger partial charge in [0.05, 0.1) is 16.7 Å². The second-order valence-corrected chi connectivity index (χ2v) is 6.85. The smallest absolute Gasteiger partial charge is 0.365 e. The van der Waals surface area contributed by atoms with Crippen LogP contribution in [0.25, 0.3) is 28.4 Å². The van der Waals surface area contributed by atoms with Crippen LogP contribution >= 0.6 is 0 Å². The lowest BCUT2D eigenvalue weighted by Gasteiger charge is -2.13. The van der Waals surface area contributed by atoms with E-state index in [-0.39, 0.29) is 22.7 Å². The molecule has 0 atom stereocenters. The van der Waals surface area contributed by atoms with Crippen LogP contribution in [-0.4, -0.2) is 30.4 Å². The number of carbonyl (C=O) groups is 1. The highest BCUT2D eigenvalue weighted by Gasteiger charge is 2.33. The normalized spacial score (nSPS) is 11.8. The van der Waals surface area contributed by atoms with Crippen molar-refractivity contribution in [2.75, 3.05) is 0 Å². The molecular weight excluding hydrogens is 409 g/mol. The molecule has 0 unspecified atom stereocenters. The maximum Gasteiger partial charge on any atom is 0.433 e. The minimum absolute atomic E-state index is 0.0686. The van der Waals surface area contributed by atoms with Gasteiger partial charge in [-0.15, -0.1) is 0 Å². The van der Waals surface area contributed by atoms with E-state index in [9.17, 15) is 18.0 Å². The van der Waals surface area contributed by atoms with Gasteiger partial charge in [-0.1, -0.05) is 13.0 Å². The molecule has 4 heterocycles. The van der Waals surface area contributed by atoms with Crippen molar-refractivity contribution in [1.29, 1.82) is 0 Å². The Labute approximate surface area is 174 Å². The van der Waals surface area contributed by atoms with Crippen LogP contribution in [0.4, 0.5) is 13.2 Å². The fraction of sp³-hybridized carbons (Fsp3) is 0.190. The summed E-state index contributed by atoms with van der Waals surface area (Å²) in [7, 11) is 0. The number of amides is 1. The highest BCUT2D eigenvalue weighted by atomic mass is 19.4. The molecule has 4 rings (SSSR count). The van der Waals surface area contributed by atoms with E-state index >= 15 is 0 Å². The summed E-state index contributed by atoms with van der Waals surface area (Å²) in [6, 6.07) is 7.44. The molecule has 0 spiro atoms. The van der Waals surface area contributed by atoms with E-state index in [0.717, 1.165) is 6.07 Å². The van der Waals surface area contributed by atoms with Crippen LogP contribution in [0.15, 0.2) is 42.7 Å². The van der Waals surface area contributed by atoms with Crippen molar-refractivity contribution < 1.29 is 18.0 Å². The SMILES string of the molecule is CCc1cn(-c2nc(-c3ccccn3)nc(C)c2C(N)=O)c2ccc(C(F)(F)F)nc12. The molecule has 7 nitrogen and oxygen atoms in total. The molecule has 0 radical (unpaired) electrons. The van der Waals surface area contributed by atoms with Gasteiger partial charge in [-0.2, -0.15) is 13.2 Å². The van der Waals surface area contributed by atoms with E-state index in [2.05, 4.69) is 19.9 Å². The quantitative estimate of drug-likeness (QED) is 0.534. The highest BCUT2D eigenvalue weighted by molar-refractivity contribution is 5.98. The third-order valence-corrected chi connectivity index (χ3v) is 4.83. The van der Waals surface area contributed by atoms with Crippen molar-refractivity contribution in [1.82, 2.24) is 24.5 Å². The number of rotatable bonds is 4. The third-order valence-electron chi connectivity index (χ3n) is 4.83. The van der Waals surface area contributed by atoms with Gasteiger partial charge in [-0.25, -0.2) is 15.0 Å². The first-order valence-electron chi connectivity index (χ1n) is 9.39. The summed E-state index contributed by atoms with van der Waals surface area (Å²) in [5.74, 6) is -0.329. The monoisotopic (exact) mass is 426 g/mol. The molecule has 1 amide bonds. The third kappa shape index (κ3) is 3.60. The Balaban J connectivity index is 2.03. The van der Waals surface area contributed by atoms with Crippen molar-refractivity contribution in [2.24, 2.45) is 5.73 Å². The van der Waals surface area contributed by atoms with Crippen LogP contribution in [0.1, 0.15) is 34.2 Å². The fourth-order valence-corrected chi connectivity index (χ4v) is 3.39. The van der Waals surface area contributed by atoms with E-state index in [4.69, 9.17) is 5.73 Å². The van der Waals surface area contributed by atoms with Gasteiger partial charge in [-0.05, 0) is 43.2 Å². The fourth-order valence-electron chi connectivity index (χ4n) is 3.39. The molecule has 10 heteroatoms. The largest absolute Gasteiger partial charge is 0.433 e. The van der Waals surface area contributed by atoms with Gasteiger partial charge in [0.25, 0.3) is 5.91 Å². The zero-order valence-electron chi connectivity index (χ0n) is 16.6. The van der Waals surface area contributed by atoms with Gasteiger partial charge in [-0.3, -0.25) is 14.3 Å². The number of carbonyl (C=O) groups excluding carboxylic acids is 1. The Bertz CT molecular complexity index is 1300. The number of alkyl halides is 3. The summed E-state index contributed by atoms with van der Waals surface area (Å²) in [6.07, 6.45) is -0.940. The first kappa shape index (κ1) is 20.5. The number of fused-ring (bicyclic) bond motifs is 1. The molecule has 0 saturated heterocycles. The standard InChI is InChI=1S/C21H17F3N6O/c1-3-12-10-30(14-7-8-15(21(22,23)24)28-17(12)14)20-16(18(25)31)11(2)27-19(29-20)13-6-4-5-9-26-13/h4-10H,3H2,1-2H3,(H2,25,31). The number of primary amides is 1. The molecule has 4 aromatic heterocycles. The lowest BCUT2D eigenvalue weighted by atomic mass is 10.2. The van der Waals surface area contributed by atoms with Crippen LogP contribution in [0.2, 0.25) is 0 Å². The minimum Gasteiger partial charge on any atom is -0.365 e. The number of pyridine rings is 2. The van der Waals surface area contributed by atoms with Gasteiger partial charge in [0, 0.05) is 12.4 Å². The topological polar surface area (TPSA) is 99.6 Å². The van der Waals surface area contributed by atoms with Crippen molar-refractivity contribution in [3.63, 3.8) is 0 Å². The van der Waals surface area contributed by atoms with Gasteiger partial charge in [0.2, 0.25) is 0 Å². The van der Waals surface area contributed by atoms with Crippen molar-refractivity contribution in [3.05, 3.63) is 65.2 Å². The lowest BCUT2D eigenvalue weighted by Crippen LogP contribution is -2.19. The Morgan fingerprint density at radius 2 is 1.90 bits per heavy atom. The lowest BCUT2D eigenvalue weighted by molar-refractivity contribution is -0.140. The number of aryl methyl sites for hydroxylation is 2. The summed E-state index contributed by atoms with van der Waals surface area (Å²) in [5, 5.41) is 0. The average molecular weight is 426 g/mol. The molecule has 158 valence electrons. The Morgan fingerprint density at radius 3 is 2.52 bits per heavy atom. The number of hydrogen-bond donors (Lipinski definition) is 1. The number of halogens is 3. The van der Waals surface area contributed by atoms with Gasteiger partial charge < -0.3 is 5.73 Å². The van der Waals surface area contributed by atoms with Crippen LogP contribution in [-0.2, 0) is 12.6 Å². The van der Waals surface area contributed by atoms with Gasteiger partial charge >= 0.3 is 6.18 Å². The Morgan fingerprint density at radius 1 is 1.13 bits per heavy atom. The maximum atomic E-state index is 13.2. The molecular formula is C21H17F3N6O. The first-order valence-corrected chi connectivity index (χ1v) is 9.39. The molecule has 0 aliphatic carbocycles. The predicted octanol–water partition coefficient (Wildman–Crippen LogP) is 3.87. The molecule has 0 saturated carbocycles. The molecule has 0 aliphatic rings. The zero-order valence-corrected chi connectivity index (χ0v) is 16.6. The molecule has 2 N–H and O–H groups in total. The summed E-state index contributed by atoms with van der Waals surface area (Å²) >= 11 is 0. The Hall–Kier alpha value is -3.82. The Kier molecular flexibility index (Phi) is 4.92. The maximum absolute atomic E-state index is 13.2. The number of nitrogens with two attached hydrogens (primary N) is 1. The second kappa shape index (κ2) is 7.46. The van der Waals surface area contributed by atoms with E-state index < -0.39 is 17.8 Å². The summed E-state index contributed by atoms with van der Waals surface area (Å²) < 4.78 is 41.1. The molecule has 0 fully saturated rings. The van der Waals surface area contributed by atoms with Crippen molar-refractivity contribution in [3.8, 4) is 17.3 Å². The molecule has 31 heavy (non-hydrogen) atoms. The molecule has 0 aromatic carbocycles. The number of hydrogen-bond acceptors (Lipinski definition) is 5. The summed E-state index contributed by atoms with van der Waals surface area (Å²) in [5.41, 5.74) is 6.62. The number of aromatic nitrogens is 5. The molecule has 0 aliphatic heterocycles. The average Bonchev–Trinajstić information content (AvgIpc) is 3.11. The second-order valence-electron chi connectivity index (χ2n) is 6.85. The molecule has 0 bridgehead atoms. The van der Waals surface area contributed by atoms with E-state index in [0.29, 0.717) is 28.9 Å². The van der Waals surface area contributed by atoms with E-state index in [1.807, 2.05) is 0 Å². The van der Waals surface area contributed by atoms with Crippen molar-refractivity contribution >= 4 is 16.9 Å². The van der Waals surface area contributed by atoms with Crippen LogP contribution in [0.5, 0.6) is 0 Å². The number of nitrogens with zero attached hydrogens (tertiary/aromatic N) is 5.